The number of hydrogen-bond acceptors (Lipinski definition) is 3. The first-order valence-corrected chi connectivity index (χ1v) is 9.78. The Balaban J connectivity index is 1.41. The van der Waals surface area contributed by atoms with Crippen LogP contribution in [0, 0.1) is 11.3 Å². The van der Waals surface area contributed by atoms with Gasteiger partial charge in [0.15, 0.2) is 0 Å². The van der Waals surface area contributed by atoms with Crippen molar-refractivity contribution in [2.75, 3.05) is 18.4 Å². The smallest absolute Gasteiger partial charge is 0.313 e. The van der Waals surface area contributed by atoms with Crippen LogP contribution in [0.5, 0.6) is 0 Å². The van der Waals surface area contributed by atoms with Gasteiger partial charge in [0, 0.05) is 23.8 Å². The molecule has 6 heteroatoms. The van der Waals surface area contributed by atoms with Gasteiger partial charge >= 0.3 is 11.8 Å². The monoisotopic (exact) mass is 393 g/mol. The topological polar surface area (TPSA) is 73.2 Å². The molecule has 0 saturated carbocycles. The summed E-state index contributed by atoms with van der Waals surface area (Å²) in [5.41, 5.74) is 3.87. The van der Waals surface area contributed by atoms with Crippen LogP contribution >= 0.6 is 11.6 Å². The maximum atomic E-state index is 12.6. The lowest BCUT2D eigenvalue weighted by atomic mass is 9.73. The minimum Gasteiger partial charge on any atom is -0.334 e. The standard InChI is InChI=1S/C22H20ClN3O2/c23-17-2-4-18(5-3-17)25-20(27)21(28)26-11-9-22(10-12-26)8-7-16-13-15(14-24)1-6-19(16)22/h1-6,13H,7-12H2,(H,25,27). The fourth-order valence-electron chi connectivity index (χ4n) is 4.41. The van der Waals surface area contributed by atoms with E-state index in [1.807, 2.05) is 12.1 Å². The molecule has 1 fully saturated rings. The van der Waals surface area contributed by atoms with Crippen LogP contribution in [-0.4, -0.2) is 29.8 Å². The molecule has 1 saturated heterocycles. The second-order valence-electron chi connectivity index (χ2n) is 7.52. The molecule has 1 spiro atoms. The first-order valence-electron chi connectivity index (χ1n) is 9.40. The number of amides is 2. The molecule has 2 aromatic carbocycles. The number of rotatable bonds is 1. The number of halogens is 1. The van der Waals surface area contributed by atoms with E-state index in [9.17, 15) is 9.59 Å². The van der Waals surface area contributed by atoms with Crippen molar-refractivity contribution in [2.24, 2.45) is 0 Å². The first-order chi connectivity index (χ1) is 13.5. The van der Waals surface area contributed by atoms with Crippen LogP contribution in [0.4, 0.5) is 5.69 Å². The Bertz CT molecular complexity index is 970. The van der Waals surface area contributed by atoms with E-state index >= 15 is 0 Å². The fourth-order valence-corrected chi connectivity index (χ4v) is 4.54. The number of benzene rings is 2. The van der Waals surface area contributed by atoms with Crippen molar-refractivity contribution in [3.8, 4) is 6.07 Å². The van der Waals surface area contributed by atoms with Gasteiger partial charge in [-0.25, -0.2) is 0 Å². The first kappa shape index (κ1) is 18.5. The Morgan fingerprint density at radius 3 is 2.46 bits per heavy atom. The number of anilines is 1. The second kappa shape index (κ2) is 7.29. The SMILES string of the molecule is N#Cc1ccc2c(c1)CCC21CCN(C(=O)C(=O)Nc2ccc(Cl)cc2)CC1. The van der Waals surface area contributed by atoms with Gasteiger partial charge in [0.2, 0.25) is 0 Å². The molecule has 1 heterocycles. The van der Waals surface area contributed by atoms with Gasteiger partial charge in [-0.15, -0.1) is 0 Å². The highest BCUT2D eigenvalue weighted by atomic mass is 35.5. The number of piperidine rings is 1. The molecule has 142 valence electrons. The Labute approximate surface area is 168 Å². The van der Waals surface area contributed by atoms with Crippen molar-refractivity contribution in [2.45, 2.75) is 31.1 Å². The van der Waals surface area contributed by atoms with Crippen LogP contribution in [0.25, 0.3) is 0 Å². The Morgan fingerprint density at radius 1 is 1.07 bits per heavy atom. The van der Waals surface area contributed by atoms with Gasteiger partial charge in [0.05, 0.1) is 11.6 Å². The van der Waals surface area contributed by atoms with Crippen molar-refractivity contribution in [3.63, 3.8) is 0 Å². The zero-order valence-corrected chi connectivity index (χ0v) is 16.1. The number of nitrogens with one attached hydrogen (secondary N) is 1. The van der Waals surface area contributed by atoms with Gasteiger partial charge in [-0.2, -0.15) is 5.26 Å². The average molecular weight is 394 g/mol. The van der Waals surface area contributed by atoms with E-state index in [-0.39, 0.29) is 5.41 Å². The lowest BCUT2D eigenvalue weighted by Gasteiger charge is -2.40. The van der Waals surface area contributed by atoms with Crippen LogP contribution in [-0.2, 0) is 21.4 Å². The van der Waals surface area contributed by atoms with Crippen LogP contribution in [0.3, 0.4) is 0 Å². The van der Waals surface area contributed by atoms with Crippen LogP contribution in [0.1, 0.15) is 36.0 Å². The number of carbonyl (C=O) groups excluding carboxylic acids is 2. The molecular weight excluding hydrogens is 374 g/mol. The molecule has 0 aromatic heterocycles. The van der Waals surface area contributed by atoms with Gasteiger partial charge in [-0.05, 0) is 78.6 Å². The summed E-state index contributed by atoms with van der Waals surface area (Å²) in [6.45, 7) is 1.12. The summed E-state index contributed by atoms with van der Waals surface area (Å²) in [5.74, 6) is -1.12. The highest BCUT2D eigenvalue weighted by Gasteiger charge is 2.42. The average Bonchev–Trinajstić information content (AvgIpc) is 3.07. The zero-order valence-electron chi connectivity index (χ0n) is 15.4. The Morgan fingerprint density at radius 2 is 1.79 bits per heavy atom. The number of fused-ring (bicyclic) bond motifs is 2. The summed E-state index contributed by atoms with van der Waals surface area (Å²) in [5, 5.41) is 12.3. The van der Waals surface area contributed by atoms with Gasteiger partial charge in [-0.1, -0.05) is 17.7 Å². The van der Waals surface area contributed by atoms with E-state index in [0.29, 0.717) is 29.4 Å². The van der Waals surface area contributed by atoms with Gasteiger partial charge in [0.1, 0.15) is 0 Å². The van der Waals surface area contributed by atoms with E-state index in [2.05, 4.69) is 17.5 Å². The van der Waals surface area contributed by atoms with Crippen LogP contribution in [0.2, 0.25) is 5.02 Å². The minimum absolute atomic E-state index is 0.0623. The van der Waals surface area contributed by atoms with E-state index < -0.39 is 11.8 Å². The molecule has 1 N–H and O–H groups in total. The predicted octanol–water partition coefficient (Wildman–Crippen LogP) is 3.66. The van der Waals surface area contributed by atoms with Gasteiger partial charge in [-0.3, -0.25) is 9.59 Å². The van der Waals surface area contributed by atoms with Crippen LogP contribution < -0.4 is 5.32 Å². The third-order valence-electron chi connectivity index (χ3n) is 5.98. The van der Waals surface area contributed by atoms with E-state index in [1.165, 1.54) is 11.1 Å². The summed E-state index contributed by atoms with van der Waals surface area (Å²) >= 11 is 5.84. The summed E-state index contributed by atoms with van der Waals surface area (Å²) < 4.78 is 0. The fraction of sp³-hybridized carbons (Fsp3) is 0.318. The summed E-state index contributed by atoms with van der Waals surface area (Å²) in [6.07, 6.45) is 3.68. The van der Waals surface area contributed by atoms with Gasteiger partial charge < -0.3 is 10.2 Å². The van der Waals surface area contributed by atoms with Crippen molar-refractivity contribution < 1.29 is 9.59 Å². The number of hydrogen-bond donors (Lipinski definition) is 1. The van der Waals surface area contributed by atoms with Crippen molar-refractivity contribution in [1.82, 2.24) is 4.90 Å². The third-order valence-corrected chi connectivity index (χ3v) is 6.23. The van der Waals surface area contributed by atoms with Crippen LogP contribution in [0.15, 0.2) is 42.5 Å². The molecule has 2 aliphatic rings. The molecule has 0 atom stereocenters. The van der Waals surface area contributed by atoms with E-state index in [4.69, 9.17) is 16.9 Å². The number of nitrogens with zero attached hydrogens (tertiary/aromatic N) is 2. The number of nitriles is 1. The molecule has 0 bridgehead atoms. The molecule has 2 amide bonds. The number of likely N-dealkylation sites (tertiary alicyclic amines) is 1. The summed E-state index contributed by atoms with van der Waals surface area (Å²) in [6, 6.07) is 14.8. The van der Waals surface area contributed by atoms with Crippen molar-refractivity contribution >= 4 is 29.1 Å². The molecular formula is C22H20ClN3O2. The van der Waals surface area contributed by atoms with Crippen molar-refractivity contribution in [1.29, 1.82) is 5.26 Å². The Hall–Kier alpha value is -2.84. The minimum atomic E-state index is -0.622. The quantitative estimate of drug-likeness (QED) is 0.751. The molecule has 0 radical (unpaired) electrons. The number of carbonyl (C=O) groups is 2. The van der Waals surface area contributed by atoms with E-state index in [1.54, 1.807) is 29.2 Å². The maximum Gasteiger partial charge on any atom is 0.313 e. The van der Waals surface area contributed by atoms with E-state index in [0.717, 1.165) is 25.7 Å². The molecule has 4 rings (SSSR count). The maximum absolute atomic E-state index is 12.6. The Kier molecular flexibility index (Phi) is 4.82. The lowest BCUT2D eigenvalue weighted by Crippen LogP contribution is -2.48. The highest BCUT2D eigenvalue weighted by Crippen LogP contribution is 2.46. The largest absolute Gasteiger partial charge is 0.334 e. The lowest BCUT2D eigenvalue weighted by molar-refractivity contribution is -0.144. The predicted molar refractivity (Wildman–Crippen MR) is 107 cm³/mol. The highest BCUT2D eigenvalue weighted by molar-refractivity contribution is 6.39. The second-order valence-corrected chi connectivity index (χ2v) is 7.95. The summed E-state index contributed by atoms with van der Waals surface area (Å²) in [4.78, 5) is 26.5. The molecule has 1 aliphatic heterocycles. The molecule has 5 nitrogen and oxygen atoms in total. The van der Waals surface area contributed by atoms with Gasteiger partial charge in [0.25, 0.3) is 0 Å². The number of aryl methyl sites for hydroxylation is 1. The molecule has 0 unspecified atom stereocenters. The molecule has 28 heavy (non-hydrogen) atoms. The molecule has 2 aromatic rings. The summed E-state index contributed by atoms with van der Waals surface area (Å²) in [7, 11) is 0. The normalized spacial score (nSPS) is 17.1. The van der Waals surface area contributed by atoms with Crippen molar-refractivity contribution in [3.05, 3.63) is 64.2 Å². The molecule has 1 aliphatic carbocycles. The third kappa shape index (κ3) is 3.36. The zero-order chi connectivity index (χ0) is 19.7.